The van der Waals surface area contributed by atoms with Crippen LogP contribution < -0.4 is 0 Å². The summed E-state index contributed by atoms with van der Waals surface area (Å²) >= 11 is 0. The molecule has 0 saturated carbocycles. The number of aliphatic hydroxyl groups is 1. The Bertz CT molecular complexity index is 1030. The monoisotopic (exact) mass is 361 g/mol. The first-order chi connectivity index (χ1) is 12.9. The van der Waals surface area contributed by atoms with Crippen molar-refractivity contribution < 1.29 is 9.90 Å². The molecule has 5 nitrogen and oxygen atoms in total. The second-order valence-corrected chi connectivity index (χ2v) is 7.46. The molecule has 3 aromatic rings. The van der Waals surface area contributed by atoms with Gasteiger partial charge in [0, 0.05) is 25.5 Å². The van der Waals surface area contributed by atoms with Crippen molar-refractivity contribution >= 4 is 11.6 Å². The van der Waals surface area contributed by atoms with Gasteiger partial charge >= 0.3 is 0 Å². The molecule has 0 unspecified atom stereocenters. The van der Waals surface area contributed by atoms with Crippen LogP contribution in [0.2, 0.25) is 0 Å². The maximum Gasteiger partial charge on any atom is 0.274 e. The summed E-state index contributed by atoms with van der Waals surface area (Å²) in [7, 11) is 0. The van der Waals surface area contributed by atoms with Gasteiger partial charge in [-0.25, -0.2) is 4.98 Å². The van der Waals surface area contributed by atoms with Gasteiger partial charge in [-0.1, -0.05) is 30.4 Å². The molecule has 0 bridgehead atoms. The van der Waals surface area contributed by atoms with Crippen LogP contribution >= 0.6 is 0 Å². The lowest BCUT2D eigenvalue weighted by atomic mass is 9.95. The molecule has 1 aliphatic heterocycles. The molecule has 0 atom stereocenters. The fourth-order valence-corrected chi connectivity index (χ4v) is 3.33. The van der Waals surface area contributed by atoms with E-state index in [0.717, 1.165) is 35.3 Å². The molecule has 1 N–H and O–H groups in total. The van der Waals surface area contributed by atoms with E-state index in [2.05, 4.69) is 11.1 Å². The standard InChI is InChI=1S/C22H23N3O2/c1-22(2,27)18-8-6-7-16(13-18)17-9-10-20-23-19(15-25(20)14-17)21(26)24-11-4-3-5-12-24/h3-4,6-10,13-15,27H,5,11-12H2,1-2H3. The van der Waals surface area contributed by atoms with Gasteiger partial charge in [-0.3, -0.25) is 4.79 Å². The largest absolute Gasteiger partial charge is 0.386 e. The van der Waals surface area contributed by atoms with E-state index in [-0.39, 0.29) is 5.91 Å². The first-order valence-electron chi connectivity index (χ1n) is 9.18. The smallest absolute Gasteiger partial charge is 0.274 e. The Morgan fingerprint density at radius 2 is 1.96 bits per heavy atom. The summed E-state index contributed by atoms with van der Waals surface area (Å²) in [4.78, 5) is 19.0. The molecule has 4 rings (SSSR count). The molecule has 138 valence electrons. The van der Waals surface area contributed by atoms with Crippen LogP contribution in [0.25, 0.3) is 16.8 Å². The Morgan fingerprint density at radius 1 is 1.11 bits per heavy atom. The first kappa shape index (κ1) is 17.5. The summed E-state index contributed by atoms with van der Waals surface area (Å²) < 4.78 is 1.89. The first-order valence-corrected chi connectivity index (χ1v) is 9.18. The number of nitrogens with zero attached hydrogens (tertiary/aromatic N) is 3. The molecule has 1 aliphatic rings. The number of benzene rings is 1. The maximum atomic E-state index is 12.7. The predicted octanol–water partition coefficient (Wildman–Crippen LogP) is 3.63. The fourth-order valence-electron chi connectivity index (χ4n) is 3.33. The minimum Gasteiger partial charge on any atom is -0.386 e. The van der Waals surface area contributed by atoms with Crippen LogP contribution in [0.5, 0.6) is 0 Å². The third-order valence-corrected chi connectivity index (χ3v) is 4.92. The lowest BCUT2D eigenvalue weighted by Gasteiger charge is -2.22. The van der Waals surface area contributed by atoms with Gasteiger partial charge in [0.1, 0.15) is 11.3 Å². The van der Waals surface area contributed by atoms with Crippen LogP contribution in [-0.4, -0.2) is 38.4 Å². The number of amides is 1. The van der Waals surface area contributed by atoms with E-state index >= 15 is 0 Å². The molecular weight excluding hydrogens is 338 g/mol. The number of hydrogen-bond acceptors (Lipinski definition) is 3. The molecule has 3 heterocycles. The zero-order valence-corrected chi connectivity index (χ0v) is 15.6. The van der Waals surface area contributed by atoms with Crippen molar-refractivity contribution in [3.05, 3.63) is 72.2 Å². The van der Waals surface area contributed by atoms with E-state index in [4.69, 9.17) is 0 Å². The van der Waals surface area contributed by atoms with E-state index in [9.17, 15) is 9.90 Å². The van der Waals surface area contributed by atoms with Gasteiger partial charge in [0.2, 0.25) is 0 Å². The number of carbonyl (C=O) groups excluding carboxylic acids is 1. The van der Waals surface area contributed by atoms with Gasteiger partial charge in [-0.2, -0.15) is 0 Å². The van der Waals surface area contributed by atoms with Gasteiger partial charge in [0.25, 0.3) is 5.91 Å². The van der Waals surface area contributed by atoms with Crippen molar-refractivity contribution in [1.82, 2.24) is 14.3 Å². The number of hydrogen-bond donors (Lipinski definition) is 1. The van der Waals surface area contributed by atoms with Crippen molar-refractivity contribution in [2.45, 2.75) is 25.9 Å². The van der Waals surface area contributed by atoms with E-state index in [1.54, 1.807) is 20.0 Å². The van der Waals surface area contributed by atoms with E-state index in [1.807, 2.05) is 58.0 Å². The molecule has 2 aromatic heterocycles. The number of carbonyl (C=O) groups is 1. The molecule has 0 fully saturated rings. The molecule has 1 amide bonds. The Morgan fingerprint density at radius 3 is 2.70 bits per heavy atom. The summed E-state index contributed by atoms with van der Waals surface area (Å²) in [6.07, 6.45) is 8.77. The molecular formula is C22H23N3O2. The minimum absolute atomic E-state index is 0.0337. The van der Waals surface area contributed by atoms with Crippen LogP contribution in [0.15, 0.2) is 60.9 Å². The minimum atomic E-state index is -0.891. The van der Waals surface area contributed by atoms with Crippen molar-refractivity contribution in [1.29, 1.82) is 0 Å². The summed E-state index contributed by atoms with van der Waals surface area (Å²) in [5.41, 5.74) is 3.20. The van der Waals surface area contributed by atoms with Crippen LogP contribution in [0.4, 0.5) is 0 Å². The third kappa shape index (κ3) is 3.51. The lowest BCUT2D eigenvalue weighted by Crippen LogP contribution is -2.33. The predicted molar refractivity (Wildman–Crippen MR) is 106 cm³/mol. The summed E-state index contributed by atoms with van der Waals surface area (Å²) in [5.74, 6) is -0.0337. The van der Waals surface area contributed by atoms with Crippen LogP contribution in [0.3, 0.4) is 0 Å². The summed E-state index contributed by atoms with van der Waals surface area (Å²) in [5, 5.41) is 10.3. The summed E-state index contributed by atoms with van der Waals surface area (Å²) in [6, 6.07) is 11.8. The third-order valence-electron chi connectivity index (χ3n) is 4.92. The molecule has 0 spiro atoms. The summed E-state index contributed by atoms with van der Waals surface area (Å²) in [6.45, 7) is 4.93. The zero-order chi connectivity index (χ0) is 19.0. The highest BCUT2D eigenvalue weighted by molar-refractivity contribution is 5.93. The molecule has 0 saturated heterocycles. The van der Waals surface area contributed by atoms with E-state index in [0.29, 0.717) is 12.2 Å². The van der Waals surface area contributed by atoms with Gasteiger partial charge in [0.05, 0.1) is 5.60 Å². The topological polar surface area (TPSA) is 57.8 Å². The van der Waals surface area contributed by atoms with Crippen molar-refractivity contribution in [3.8, 4) is 11.1 Å². The Hall–Kier alpha value is -2.92. The Kier molecular flexibility index (Phi) is 4.32. The van der Waals surface area contributed by atoms with E-state index < -0.39 is 5.60 Å². The average molecular weight is 361 g/mol. The van der Waals surface area contributed by atoms with Gasteiger partial charge in [0.15, 0.2) is 0 Å². The van der Waals surface area contributed by atoms with Crippen LogP contribution in [-0.2, 0) is 5.60 Å². The molecule has 0 radical (unpaired) electrons. The highest BCUT2D eigenvalue weighted by atomic mass is 16.3. The molecule has 1 aromatic carbocycles. The zero-order valence-electron chi connectivity index (χ0n) is 15.6. The van der Waals surface area contributed by atoms with Crippen molar-refractivity contribution in [3.63, 3.8) is 0 Å². The fraction of sp³-hybridized carbons (Fsp3) is 0.273. The number of fused-ring (bicyclic) bond motifs is 1. The van der Waals surface area contributed by atoms with Crippen molar-refractivity contribution in [2.75, 3.05) is 13.1 Å². The number of pyridine rings is 1. The van der Waals surface area contributed by atoms with Crippen LogP contribution in [0, 0.1) is 0 Å². The van der Waals surface area contributed by atoms with Gasteiger partial charge in [-0.15, -0.1) is 0 Å². The Balaban J connectivity index is 1.67. The average Bonchev–Trinajstić information content (AvgIpc) is 3.11. The second kappa shape index (κ2) is 6.67. The SMILES string of the molecule is CC(C)(O)c1cccc(-c2ccc3nc(C(=O)N4CC=CCC4)cn3c2)c1. The highest BCUT2D eigenvalue weighted by Crippen LogP contribution is 2.26. The number of imidazole rings is 1. The van der Waals surface area contributed by atoms with Gasteiger partial charge < -0.3 is 14.4 Å². The lowest BCUT2D eigenvalue weighted by molar-refractivity contribution is 0.0764. The van der Waals surface area contributed by atoms with E-state index in [1.165, 1.54) is 0 Å². The normalized spacial score (nSPS) is 14.7. The van der Waals surface area contributed by atoms with Crippen molar-refractivity contribution in [2.24, 2.45) is 0 Å². The molecule has 27 heavy (non-hydrogen) atoms. The Labute approximate surface area is 158 Å². The number of aromatic nitrogens is 2. The molecule has 5 heteroatoms. The second-order valence-electron chi connectivity index (χ2n) is 7.46. The quantitative estimate of drug-likeness (QED) is 0.725. The van der Waals surface area contributed by atoms with Gasteiger partial charge in [-0.05, 0) is 55.2 Å². The maximum absolute atomic E-state index is 12.7. The number of rotatable bonds is 3. The highest BCUT2D eigenvalue weighted by Gasteiger charge is 2.19. The van der Waals surface area contributed by atoms with Crippen LogP contribution in [0.1, 0.15) is 36.3 Å². The molecule has 0 aliphatic carbocycles.